The smallest absolute Gasteiger partial charge is 0.260 e. The number of nitrogens with zero attached hydrogens (tertiary/aromatic N) is 4. The number of carbonyl (C=O) groups is 1. The molecule has 7 nitrogen and oxygen atoms in total. The monoisotopic (exact) mass is 246 g/mol. The van der Waals surface area contributed by atoms with Gasteiger partial charge in [-0.2, -0.15) is 5.10 Å². The Kier molecular flexibility index (Phi) is 2.69. The van der Waals surface area contributed by atoms with Gasteiger partial charge in [-0.1, -0.05) is 0 Å². The lowest BCUT2D eigenvalue weighted by molar-refractivity contribution is -0.138. The molecule has 18 heavy (non-hydrogen) atoms. The van der Waals surface area contributed by atoms with Crippen LogP contribution in [0.15, 0.2) is 24.5 Å². The van der Waals surface area contributed by atoms with Gasteiger partial charge in [0.05, 0.1) is 11.9 Å². The molecule has 0 saturated carbocycles. The number of hydrazine groups is 1. The second kappa shape index (κ2) is 4.35. The number of rotatable bonds is 2. The largest absolute Gasteiger partial charge is 0.299 e. The lowest BCUT2D eigenvalue weighted by atomic mass is 10.1. The molecule has 1 aliphatic rings. The molecule has 1 atom stereocenters. The van der Waals surface area contributed by atoms with Crippen molar-refractivity contribution in [3.05, 3.63) is 30.2 Å². The summed E-state index contributed by atoms with van der Waals surface area (Å²) in [4.78, 5) is 16.6. The number of aromatic nitrogens is 3. The van der Waals surface area contributed by atoms with Crippen LogP contribution in [-0.4, -0.2) is 45.7 Å². The maximum absolute atomic E-state index is 12.2. The van der Waals surface area contributed by atoms with E-state index < -0.39 is 6.04 Å². The van der Waals surface area contributed by atoms with E-state index in [0.717, 1.165) is 12.2 Å². The molecule has 2 aromatic heterocycles. The minimum atomic E-state index is -0.397. The van der Waals surface area contributed by atoms with Gasteiger partial charge in [-0.15, -0.1) is 0 Å². The van der Waals surface area contributed by atoms with E-state index in [2.05, 4.69) is 20.8 Å². The average molecular weight is 246 g/mol. The first-order valence-corrected chi connectivity index (χ1v) is 5.82. The van der Waals surface area contributed by atoms with Crippen molar-refractivity contribution in [3.8, 4) is 0 Å². The van der Waals surface area contributed by atoms with Crippen molar-refractivity contribution in [2.75, 3.05) is 20.1 Å². The molecule has 0 radical (unpaired) electrons. The normalized spacial score (nSPS) is 20.6. The third-order valence-corrected chi connectivity index (χ3v) is 3.04. The standard InChI is InChI=1S/C11H14N6O/c1-12-17-7-5-13-10(11(17)18)8-3-6-16-9(15-8)2-4-14-16/h2-4,6,10,12-13H,5,7H2,1H3. The van der Waals surface area contributed by atoms with Crippen molar-refractivity contribution >= 4 is 11.6 Å². The predicted molar refractivity (Wildman–Crippen MR) is 64.5 cm³/mol. The fourth-order valence-corrected chi connectivity index (χ4v) is 2.12. The van der Waals surface area contributed by atoms with Gasteiger partial charge >= 0.3 is 0 Å². The van der Waals surface area contributed by atoms with Crippen LogP contribution >= 0.6 is 0 Å². The number of carbonyl (C=O) groups excluding carboxylic acids is 1. The SMILES string of the molecule is CNN1CCNC(c2ccn3nccc3n2)C1=O. The van der Waals surface area contributed by atoms with Crippen molar-refractivity contribution in [1.29, 1.82) is 0 Å². The Morgan fingerprint density at radius 2 is 2.39 bits per heavy atom. The Morgan fingerprint density at radius 1 is 1.50 bits per heavy atom. The number of fused-ring (bicyclic) bond motifs is 1. The third kappa shape index (κ3) is 1.73. The van der Waals surface area contributed by atoms with Crippen molar-refractivity contribution in [1.82, 2.24) is 30.3 Å². The first-order chi connectivity index (χ1) is 8.79. The molecule has 3 rings (SSSR count). The van der Waals surface area contributed by atoms with Crippen molar-refractivity contribution in [2.45, 2.75) is 6.04 Å². The molecule has 1 aliphatic heterocycles. The zero-order valence-corrected chi connectivity index (χ0v) is 10.00. The third-order valence-electron chi connectivity index (χ3n) is 3.04. The second-order valence-electron chi connectivity index (χ2n) is 4.09. The zero-order chi connectivity index (χ0) is 12.5. The Labute approximate surface area is 104 Å². The molecule has 0 aliphatic carbocycles. The van der Waals surface area contributed by atoms with E-state index in [0.29, 0.717) is 12.2 Å². The maximum Gasteiger partial charge on any atom is 0.260 e. The molecular weight excluding hydrogens is 232 g/mol. The highest BCUT2D eigenvalue weighted by Crippen LogP contribution is 2.16. The maximum atomic E-state index is 12.2. The van der Waals surface area contributed by atoms with Gasteiger partial charge in [0.2, 0.25) is 0 Å². The highest BCUT2D eigenvalue weighted by atomic mass is 16.2. The van der Waals surface area contributed by atoms with Crippen LogP contribution in [0.4, 0.5) is 0 Å². The Bertz CT molecular complexity index is 580. The zero-order valence-electron chi connectivity index (χ0n) is 10.00. The number of nitrogens with one attached hydrogen (secondary N) is 2. The predicted octanol–water partition coefficient (Wildman–Crippen LogP) is -0.663. The molecule has 3 heterocycles. The van der Waals surface area contributed by atoms with Crippen LogP contribution in [0, 0.1) is 0 Å². The molecule has 1 saturated heterocycles. The summed E-state index contributed by atoms with van der Waals surface area (Å²) in [5.41, 5.74) is 4.34. The Balaban J connectivity index is 1.95. The summed E-state index contributed by atoms with van der Waals surface area (Å²) < 4.78 is 1.67. The van der Waals surface area contributed by atoms with Crippen LogP contribution in [0.3, 0.4) is 0 Å². The minimum Gasteiger partial charge on any atom is -0.299 e. The van der Waals surface area contributed by atoms with Crippen LogP contribution < -0.4 is 10.7 Å². The van der Waals surface area contributed by atoms with Gasteiger partial charge in [-0.3, -0.25) is 15.1 Å². The van der Waals surface area contributed by atoms with E-state index in [1.807, 2.05) is 18.3 Å². The molecule has 0 spiro atoms. The van der Waals surface area contributed by atoms with Crippen LogP contribution in [0.25, 0.3) is 5.65 Å². The summed E-state index contributed by atoms with van der Waals surface area (Å²) in [6.45, 7) is 1.39. The summed E-state index contributed by atoms with van der Waals surface area (Å²) >= 11 is 0. The summed E-state index contributed by atoms with van der Waals surface area (Å²) in [5, 5.41) is 8.86. The first-order valence-electron chi connectivity index (χ1n) is 5.82. The lowest BCUT2D eigenvalue weighted by Gasteiger charge is -2.31. The summed E-state index contributed by atoms with van der Waals surface area (Å²) in [5.74, 6) is -0.0138. The van der Waals surface area contributed by atoms with Crippen LogP contribution in [0.2, 0.25) is 0 Å². The molecule has 2 N–H and O–H groups in total. The van der Waals surface area contributed by atoms with Crippen LogP contribution in [-0.2, 0) is 4.79 Å². The highest BCUT2D eigenvalue weighted by Gasteiger charge is 2.30. The molecule has 7 heteroatoms. The second-order valence-corrected chi connectivity index (χ2v) is 4.09. The fraction of sp³-hybridized carbons (Fsp3) is 0.364. The molecular formula is C11H14N6O. The molecule has 94 valence electrons. The highest BCUT2D eigenvalue weighted by molar-refractivity contribution is 5.83. The lowest BCUT2D eigenvalue weighted by Crippen LogP contribution is -2.54. The van der Waals surface area contributed by atoms with Gasteiger partial charge in [0.25, 0.3) is 5.91 Å². The molecule has 0 bridgehead atoms. The quantitative estimate of drug-likeness (QED) is 0.735. The summed E-state index contributed by atoms with van der Waals surface area (Å²) in [6.07, 6.45) is 3.49. The molecule has 1 unspecified atom stereocenters. The first kappa shape index (κ1) is 11.1. The average Bonchev–Trinajstić information content (AvgIpc) is 2.86. The molecule has 1 fully saturated rings. The fourth-order valence-electron chi connectivity index (χ4n) is 2.12. The van der Waals surface area contributed by atoms with E-state index in [9.17, 15) is 4.79 Å². The Hall–Kier alpha value is -1.99. The van der Waals surface area contributed by atoms with Crippen LogP contribution in [0.5, 0.6) is 0 Å². The Morgan fingerprint density at radius 3 is 3.22 bits per heavy atom. The summed E-state index contributed by atoms with van der Waals surface area (Å²) in [7, 11) is 1.74. The van der Waals surface area contributed by atoms with E-state index in [-0.39, 0.29) is 5.91 Å². The van der Waals surface area contributed by atoms with Crippen molar-refractivity contribution in [3.63, 3.8) is 0 Å². The van der Waals surface area contributed by atoms with Gasteiger partial charge in [0, 0.05) is 32.4 Å². The van der Waals surface area contributed by atoms with E-state index in [1.54, 1.807) is 22.8 Å². The molecule has 0 aromatic carbocycles. The van der Waals surface area contributed by atoms with Gasteiger partial charge in [0.15, 0.2) is 5.65 Å². The van der Waals surface area contributed by atoms with Crippen molar-refractivity contribution < 1.29 is 4.79 Å². The van der Waals surface area contributed by atoms with Gasteiger partial charge in [-0.05, 0) is 6.07 Å². The number of hydrogen-bond donors (Lipinski definition) is 2. The summed E-state index contributed by atoms with van der Waals surface area (Å²) in [6, 6.07) is 3.23. The van der Waals surface area contributed by atoms with Crippen molar-refractivity contribution in [2.24, 2.45) is 0 Å². The number of amides is 1. The van der Waals surface area contributed by atoms with E-state index >= 15 is 0 Å². The van der Waals surface area contributed by atoms with E-state index in [4.69, 9.17) is 0 Å². The topological polar surface area (TPSA) is 74.6 Å². The van der Waals surface area contributed by atoms with Gasteiger partial charge in [-0.25, -0.2) is 14.9 Å². The number of piperazine rings is 1. The van der Waals surface area contributed by atoms with Gasteiger partial charge < -0.3 is 0 Å². The van der Waals surface area contributed by atoms with Gasteiger partial charge in [0.1, 0.15) is 6.04 Å². The number of hydrogen-bond acceptors (Lipinski definition) is 5. The van der Waals surface area contributed by atoms with Crippen LogP contribution in [0.1, 0.15) is 11.7 Å². The van der Waals surface area contributed by atoms with E-state index in [1.165, 1.54) is 0 Å². The molecule has 1 amide bonds. The molecule has 2 aromatic rings. The minimum absolute atomic E-state index is 0.0138.